The van der Waals surface area contributed by atoms with Gasteiger partial charge in [-0.3, -0.25) is 0 Å². The third-order valence-corrected chi connectivity index (χ3v) is 4.19. The van der Waals surface area contributed by atoms with Crippen molar-refractivity contribution in [3.63, 3.8) is 0 Å². The standard InChI is InChI=1S/C19H21FN2O2/c1-2-24-17-11-9-16(10-12-17)21-19(23)22-13-3-4-18(22)14-5-7-15(20)8-6-14/h5-12,18H,2-4,13H2,1H3,(H,21,23). The SMILES string of the molecule is CCOc1ccc(NC(=O)N2CCCC2c2ccc(F)cc2)cc1. The molecule has 1 unspecified atom stereocenters. The van der Waals surface area contributed by atoms with Crippen LogP contribution in [0.1, 0.15) is 31.4 Å². The summed E-state index contributed by atoms with van der Waals surface area (Å²) in [7, 11) is 0. The van der Waals surface area contributed by atoms with E-state index in [0.717, 1.165) is 29.8 Å². The first kappa shape index (κ1) is 16.3. The Morgan fingerprint density at radius 1 is 1.21 bits per heavy atom. The summed E-state index contributed by atoms with van der Waals surface area (Å²) in [5.74, 6) is 0.517. The molecular weight excluding hydrogens is 307 g/mol. The number of rotatable bonds is 4. The molecule has 1 N–H and O–H groups in total. The van der Waals surface area contributed by atoms with Crippen LogP contribution < -0.4 is 10.1 Å². The summed E-state index contributed by atoms with van der Waals surface area (Å²) in [6.45, 7) is 3.24. The number of ether oxygens (including phenoxy) is 1. The molecule has 0 aromatic heterocycles. The molecule has 24 heavy (non-hydrogen) atoms. The van der Waals surface area contributed by atoms with Gasteiger partial charge in [-0.25, -0.2) is 9.18 Å². The fourth-order valence-electron chi connectivity index (χ4n) is 3.04. The van der Waals surface area contributed by atoms with Gasteiger partial charge in [-0.2, -0.15) is 0 Å². The lowest BCUT2D eigenvalue weighted by Gasteiger charge is -2.25. The summed E-state index contributed by atoms with van der Waals surface area (Å²) in [5, 5.41) is 2.92. The molecule has 2 amide bonds. The van der Waals surface area contributed by atoms with Gasteiger partial charge >= 0.3 is 6.03 Å². The summed E-state index contributed by atoms with van der Waals surface area (Å²) in [5.41, 5.74) is 1.70. The number of hydrogen-bond acceptors (Lipinski definition) is 2. The Balaban J connectivity index is 1.68. The van der Waals surface area contributed by atoms with Crippen LogP contribution in [0.4, 0.5) is 14.9 Å². The molecule has 0 saturated carbocycles. The van der Waals surface area contributed by atoms with Crippen molar-refractivity contribution < 1.29 is 13.9 Å². The smallest absolute Gasteiger partial charge is 0.322 e. The van der Waals surface area contributed by atoms with Crippen molar-refractivity contribution in [3.8, 4) is 5.75 Å². The molecule has 1 heterocycles. The van der Waals surface area contributed by atoms with Crippen LogP contribution in [0.25, 0.3) is 0 Å². The zero-order valence-electron chi connectivity index (χ0n) is 13.7. The number of carbonyl (C=O) groups is 1. The van der Waals surface area contributed by atoms with Gasteiger partial charge in [0.25, 0.3) is 0 Å². The van der Waals surface area contributed by atoms with E-state index in [1.165, 1.54) is 12.1 Å². The third kappa shape index (κ3) is 3.67. The lowest BCUT2D eigenvalue weighted by Crippen LogP contribution is -2.34. The van der Waals surface area contributed by atoms with Crippen LogP contribution in [0.5, 0.6) is 5.75 Å². The predicted octanol–water partition coefficient (Wildman–Crippen LogP) is 4.59. The Labute approximate surface area is 141 Å². The zero-order chi connectivity index (χ0) is 16.9. The molecule has 0 bridgehead atoms. The number of anilines is 1. The number of nitrogens with zero attached hydrogens (tertiary/aromatic N) is 1. The fraction of sp³-hybridized carbons (Fsp3) is 0.316. The number of likely N-dealkylation sites (tertiary alicyclic amines) is 1. The normalized spacial score (nSPS) is 16.9. The van der Waals surface area contributed by atoms with E-state index in [1.54, 1.807) is 12.1 Å². The predicted molar refractivity (Wildman–Crippen MR) is 91.7 cm³/mol. The maximum Gasteiger partial charge on any atom is 0.322 e. The Kier molecular flexibility index (Phi) is 4.99. The van der Waals surface area contributed by atoms with Crippen molar-refractivity contribution in [2.45, 2.75) is 25.8 Å². The van der Waals surface area contributed by atoms with Crippen molar-refractivity contribution in [1.29, 1.82) is 0 Å². The molecule has 1 aliphatic heterocycles. The Morgan fingerprint density at radius 2 is 1.92 bits per heavy atom. The minimum absolute atomic E-state index is 0.00621. The molecule has 1 fully saturated rings. The number of halogens is 1. The highest BCUT2D eigenvalue weighted by atomic mass is 19.1. The molecule has 0 spiro atoms. The zero-order valence-corrected chi connectivity index (χ0v) is 13.7. The minimum atomic E-state index is -0.262. The molecule has 1 saturated heterocycles. The average molecular weight is 328 g/mol. The van der Waals surface area contributed by atoms with Gasteiger partial charge < -0.3 is 15.0 Å². The molecule has 1 atom stereocenters. The van der Waals surface area contributed by atoms with E-state index in [1.807, 2.05) is 36.1 Å². The van der Waals surface area contributed by atoms with Crippen molar-refractivity contribution in [2.24, 2.45) is 0 Å². The number of carbonyl (C=O) groups excluding carboxylic acids is 1. The van der Waals surface area contributed by atoms with Crippen LogP contribution in [0.15, 0.2) is 48.5 Å². The van der Waals surface area contributed by atoms with Crippen LogP contribution in [0, 0.1) is 5.82 Å². The third-order valence-electron chi connectivity index (χ3n) is 4.19. The molecule has 1 aliphatic rings. The van der Waals surface area contributed by atoms with Crippen LogP contribution in [-0.2, 0) is 0 Å². The van der Waals surface area contributed by atoms with Gasteiger partial charge in [-0.1, -0.05) is 12.1 Å². The molecule has 2 aromatic rings. The van der Waals surface area contributed by atoms with Gasteiger partial charge in [-0.15, -0.1) is 0 Å². The highest BCUT2D eigenvalue weighted by Crippen LogP contribution is 2.32. The number of hydrogen-bond donors (Lipinski definition) is 1. The van der Waals surface area contributed by atoms with E-state index in [0.29, 0.717) is 13.2 Å². The Hall–Kier alpha value is -2.56. The second kappa shape index (κ2) is 7.34. The van der Waals surface area contributed by atoms with Crippen molar-refractivity contribution in [3.05, 3.63) is 59.9 Å². The number of amides is 2. The Bertz CT molecular complexity index is 686. The van der Waals surface area contributed by atoms with Gasteiger partial charge in [0.05, 0.1) is 12.6 Å². The van der Waals surface area contributed by atoms with Gasteiger partial charge in [0.2, 0.25) is 0 Å². The van der Waals surface area contributed by atoms with Gasteiger partial charge in [0.15, 0.2) is 0 Å². The lowest BCUT2D eigenvalue weighted by atomic mass is 10.0. The van der Waals surface area contributed by atoms with Crippen LogP contribution in [0.2, 0.25) is 0 Å². The van der Waals surface area contributed by atoms with Crippen molar-refractivity contribution >= 4 is 11.7 Å². The average Bonchev–Trinajstić information content (AvgIpc) is 3.07. The lowest BCUT2D eigenvalue weighted by molar-refractivity contribution is 0.207. The van der Waals surface area contributed by atoms with Crippen molar-refractivity contribution in [1.82, 2.24) is 4.90 Å². The van der Waals surface area contributed by atoms with Gasteiger partial charge in [-0.05, 0) is 61.7 Å². The van der Waals surface area contributed by atoms with Gasteiger partial charge in [0, 0.05) is 12.2 Å². The monoisotopic (exact) mass is 328 g/mol. The molecule has 2 aromatic carbocycles. The molecular formula is C19H21FN2O2. The van der Waals surface area contributed by atoms with Crippen molar-refractivity contribution in [2.75, 3.05) is 18.5 Å². The summed E-state index contributed by atoms with van der Waals surface area (Å²) in [6, 6.07) is 13.6. The van der Waals surface area contributed by atoms with E-state index in [-0.39, 0.29) is 17.9 Å². The first-order chi connectivity index (χ1) is 11.7. The van der Waals surface area contributed by atoms with E-state index in [9.17, 15) is 9.18 Å². The summed E-state index contributed by atoms with van der Waals surface area (Å²) >= 11 is 0. The minimum Gasteiger partial charge on any atom is -0.494 e. The van der Waals surface area contributed by atoms with E-state index in [2.05, 4.69) is 5.32 Å². The molecule has 0 aliphatic carbocycles. The number of nitrogens with one attached hydrogen (secondary N) is 1. The summed E-state index contributed by atoms with van der Waals surface area (Å²) in [4.78, 5) is 14.4. The molecule has 5 heteroatoms. The van der Waals surface area contributed by atoms with Gasteiger partial charge in [0.1, 0.15) is 11.6 Å². The highest BCUT2D eigenvalue weighted by molar-refractivity contribution is 5.89. The second-order valence-electron chi connectivity index (χ2n) is 5.79. The number of benzene rings is 2. The molecule has 126 valence electrons. The van der Waals surface area contributed by atoms with Crippen LogP contribution in [-0.4, -0.2) is 24.1 Å². The fourth-order valence-corrected chi connectivity index (χ4v) is 3.04. The first-order valence-electron chi connectivity index (χ1n) is 8.23. The maximum atomic E-state index is 13.1. The second-order valence-corrected chi connectivity index (χ2v) is 5.79. The highest BCUT2D eigenvalue weighted by Gasteiger charge is 2.29. The quantitative estimate of drug-likeness (QED) is 0.891. The molecule has 3 rings (SSSR count). The summed E-state index contributed by atoms with van der Waals surface area (Å²) in [6.07, 6.45) is 1.83. The topological polar surface area (TPSA) is 41.6 Å². The van der Waals surface area contributed by atoms with E-state index >= 15 is 0 Å². The molecule has 4 nitrogen and oxygen atoms in total. The molecule has 0 radical (unpaired) electrons. The summed E-state index contributed by atoms with van der Waals surface area (Å²) < 4.78 is 18.5. The van der Waals surface area contributed by atoms with Crippen LogP contribution in [0.3, 0.4) is 0 Å². The van der Waals surface area contributed by atoms with E-state index in [4.69, 9.17) is 4.74 Å². The van der Waals surface area contributed by atoms with Crippen LogP contribution >= 0.6 is 0 Å². The first-order valence-corrected chi connectivity index (χ1v) is 8.23. The largest absolute Gasteiger partial charge is 0.494 e. The number of urea groups is 1. The maximum absolute atomic E-state index is 13.1. The Morgan fingerprint density at radius 3 is 2.58 bits per heavy atom. The van der Waals surface area contributed by atoms with E-state index < -0.39 is 0 Å².